The first-order chi connectivity index (χ1) is 2.94. The van der Waals surface area contributed by atoms with Crippen molar-refractivity contribution < 1.29 is 63.5 Å². The average Bonchev–Trinajstić information content (AvgIpc) is 1.31. The zero-order valence-corrected chi connectivity index (χ0v) is 6.02. The van der Waals surface area contributed by atoms with Crippen molar-refractivity contribution in [3.63, 3.8) is 0 Å². The van der Waals surface area contributed by atoms with Gasteiger partial charge in [0.05, 0.1) is 0 Å². The van der Waals surface area contributed by atoms with Crippen LogP contribution < -0.4 is 0 Å². The molecule has 0 aliphatic carbocycles. The van der Waals surface area contributed by atoms with Crippen molar-refractivity contribution in [1.29, 1.82) is 0 Å². The Morgan fingerprint density at radius 3 is 1.50 bits per heavy atom. The number of carboxylic acid groups (broad SMARTS) is 1. The van der Waals surface area contributed by atoms with E-state index < -0.39 is 12.1 Å². The molecule has 1 N–H and O–H groups in total. The monoisotopic (exact) mass is 266 g/mol. The maximum atomic E-state index is 10.6. The summed E-state index contributed by atoms with van der Waals surface area (Å²) in [5.74, 6) is -2.76. The number of rotatable bonds is 0. The largest absolute Gasteiger partial charge is 0.490 e. The Labute approximate surface area is 75.2 Å². The van der Waals surface area contributed by atoms with Crippen molar-refractivity contribution >= 4 is 5.97 Å². The minimum atomic E-state index is -5.08. The molecule has 0 aliphatic rings. The van der Waals surface area contributed by atoms with E-state index in [0.717, 1.165) is 0 Å². The van der Waals surface area contributed by atoms with Crippen LogP contribution in [0.2, 0.25) is 0 Å². The Hall–Kier alpha value is 0.598. The third-order valence-corrected chi connectivity index (χ3v) is 0.243. The van der Waals surface area contributed by atoms with Gasteiger partial charge in [0.25, 0.3) is 0 Å². The first-order valence-electron chi connectivity index (χ1n) is 1.24. The van der Waals surface area contributed by atoms with Crippen LogP contribution >= 0.6 is 0 Å². The molecule has 0 aromatic carbocycles. The number of aliphatic carboxylic acids is 1. The summed E-state index contributed by atoms with van der Waals surface area (Å²) < 4.78 is 31.7. The molecule has 0 aliphatic heterocycles. The first kappa shape index (κ1) is 11.4. The van der Waals surface area contributed by atoms with Crippen LogP contribution in [0.3, 0.4) is 0 Å². The van der Waals surface area contributed by atoms with E-state index in [4.69, 9.17) is 9.90 Å². The second-order valence-electron chi connectivity index (χ2n) is 0.803. The van der Waals surface area contributed by atoms with Crippen LogP contribution in [0.25, 0.3) is 0 Å². The van der Waals surface area contributed by atoms with Crippen LogP contribution in [0.4, 0.5) is 13.2 Å². The predicted molar refractivity (Wildman–Crippen MR) is 13.7 cm³/mol. The molecular weight excluding hydrogens is 263 g/mol. The molecule has 48 valence electrons. The van der Waals surface area contributed by atoms with Crippen molar-refractivity contribution in [2.45, 2.75) is 6.18 Å². The van der Waals surface area contributed by atoms with Crippen molar-refractivity contribution in [2.24, 2.45) is 0 Å². The van der Waals surface area contributed by atoms with Crippen LogP contribution in [0.1, 0.15) is 0 Å². The van der Waals surface area contributed by atoms with Gasteiger partial charge in [0.2, 0.25) is 0 Å². The Kier molecular flexibility index (Phi) is 5.12. The molecule has 0 aromatic heterocycles. The zero-order chi connectivity index (χ0) is 6.08. The van der Waals surface area contributed by atoms with Gasteiger partial charge < -0.3 is 5.11 Å². The third-order valence-electron chi connectivity index (χ3n) is 0.243. The summed E-state index contributed by atoms with van der Waals surface area (Å²) in [5, 5.41) is 7.12. The molecule has 0 rings (SSSR count). The molecule has 6 heteroatoms. The van der Waals surface area contributed by atoms with E-state index in [1.807, 2.05) is 0 Å². The summed E-state index contributed by atoms with van der Waals surface area (Å²) in [6, 6.07) is 0. The van der Waals surface area contributed by atoms with Crippen LogP contribution in [-0.2, 0) is 4.79 Å². The fourth-order valence-corrected chi connectivity index (χ4v) is 0. The molecule has 8 heavy (non-hydrogen) atoms. The maximum absolute atomic E-state index is 10.6. The molecule has 0 aromatic rings. The smallest absolute Gasteiger partial charge is 0.475 e. The summed E-state index contributed by atoms with van der Waals surface area (Å²) in [4.78, 5) is 8.90. The van der Waals surface area contributed by atoms with E-state index in [2.05, 4.69) is 0 Å². The molecule has 2 nitrogen and oxygen atoms in total. The minimum Gasteiger partial charge on any atom is -0.475 e. The Morgan fingerprint density at radius 2 is 1.50 bits per heavy atom. The van der Waals surface area contributed by atoms with Crippen molar-refractivity contribution in [3.8, 4) is 0 Å². The van der Waals surface area contributed by atoms with Gasteiger partial charge in [-0.05, 0) is 0 Å². The minimum absolute atomic E-state index is 0. The molecule has 0 saturated heterocycles. The molecule has 0 unspecified atom stereocenters. The van der Waals surface area contributed by atoms with Gasteiger partial charge >= 0.3 is 12.1 Å². The van der Waals surface area contributed by atoms with Crippen molar-refractivity contribution in [3.05, 3.63) is 0 Å². The van der Waals surface area contributed by atoms with Gasteiger partial charge in [0.15, 0.2) is 0 Å². The number of hydrogen-bond donors (Lipinski definition) is 1. The molecule has 0 atom stereocenters. The van der Waals surface area contributed by atoms with Crippen LogP contribution in [0.15, 0.2) is 0 Å². The molecule has 0 fully saturated rings. The van der Waals surface area contributed by atoms with Gasteiger partial charge in [-0.15, -0.1) is 0 Å². The molecular formula is C2HF3O2Sm. The fraction of sp³-hybridized carbons (Fsp3) is 0.500. The first-order valence-corrected chi connectivity index (χ1v) is 1.24. The topological polar surface area (TPSA) is 37.3 Å². The standard InChI is InChI=1S/C2HF3O2.Sm/c3-2(4,5)1(6)7;/h(H,6,7);. The summed E-state index contributed by atoms with van der Waals surface area (Å²) in [5.41, 5.74) is 0. The summed E-state index contributed by atoms with van der Waals surface area (Å²) in [7, 11) is 0. The predicted octanol–water partition coefficient (Wildman–Crippen LogP) is 0.633. The van der Waals surface area contributed by atoms with Gasteiger partial charge in [0, 0.05) is 40.4 Å². The SMILES string of the molecule is O=C(O)C(F)(F)F.[Sm]. The zero-order valence-electron chi connectivity index (χ0n) is 3.40. The van der Waals surface area contributed by atoms with Crippen LogP contribution in [-0.4, -0.2) is 17.3 Å². The number of halogens is 3. The van der Waals surface area contributed by atoms with Gasteiger partial charge in [-0.3, -0.25) is 0 Å². The van der Waals surface area contributed by atoms with E-state index in [1.165, 1.54) is 0 Å². The normalized spacial score (nSPS) is 9.88. The van der Waals surface area contributed by atoms with Gasteiger partial charge in [-0.2, -0.15) is 13.2 Å². The van der Waals surface area contributed by atoms with Crippen LogP contribution in [0.5, 0.6) is 0 Å². The second-order valence-corrected chi connectivity index (χ2v) is 0.803. The molecule has 0 heterocycles. The van der Waals surface area contributed by atoms with E-state index in [0.29, 0.717) is 0 Å². The number of carboxylic acids is 1. The van der Waals surface area contributed by atoms with Gasteiger partial charge in [-0.25, -0.2) is 4.79 Å². The van der Waals surface area contributed by atoms with E-state index in [9.17, 15) is 13.2 Å². The third kappa shape index (κ3) is 4.75. The van der Waals surface area contributed by atoms with Crippen molar-refractivity contribution in [1.82, 2.24) is 0 Å². The number of alkyl halides is 3. The summed E-state index contributed by atoms with van der Waals surface area (Å²) in [6.07, 6.45) is -5.08. The molecule has 0 bridgehead atoms. The Morgan fingerprint density at radius 1 is 1.38 bits per heavy atom. The van der Waals surface area contributed by atoms with E-state index >= 15 is 0 Å². The number of carbonyl (C=O) groups is 1. The second kappa shape index (κ2) is 3.59. The van der Waals surface area contributed by atoms with E-state index in [1.54, 1.807) is 0 Å². The number of hydrogen-bond acceptors (Lipinski definition) is 1. The molecule has 0 radical (unpaired) electrons. The fourth-order valence-electron chi connectivity index (χ4n) is 0. The molecule has 0 saturated carbocycles. The van der Waals surface area contributed by atoms with Gasteiger partial charge in [-0.1, -0.05) is 0 Å². The maximum Gasteiger partial charge on any atom is 0.490 e. The average molecular weight is 264 g/mol. The van der Waals surface area contributed by atoms with Gasteiger partial charge in [0.1, 0.15) is 0 Å². The van der Waals surface area contributed by atoms with Crippen molar-refractivity contribution in [2.75, 3.05) is 0 Å². The summed E-state index contributed by atoms with van der Waals surface area (Å²) >= 11 is 0. The van der Waals surface area contributed by atoms with E-state index in [-0.39, 0.29) is 40.4 Å². The molecule has 0 amide bonds. The Bertz CT molecular complexity index is 87.8. The molecule has 0 spiro atoms. The van der Waals surface area contributed by atoms with Crippen LogP contribution in [0, 0.1) is 40.4 Å². The Balaban J connectivity index is 0. The quantitative estimate of drug-likeness (QED) is 0.697. The summed E-state index contributed by atoms with van der Waals surface area (Å²) in [6.45, 7) is 0.